The molecule has 0 rings (SSSR count). The lowest BCUT2D eigenvalue weighted by atomic mass is 10.8. The molecule has 0 radical (unpaired) electrons. The molecule has 0 aromatic carbocycles. The first-order chi connectivity index (χ1) is 5.27. The monoisotopic (exact) mass is 211 g/mol. The van der Waals surface area contributed by atoms with Crippen molar-refractivity contribution in [2.24, 2.45) is 0 Å². The fraction of sp³-hybridized carbons (Fsp3) is 0.833. The minimum Gasteiger partial charge on any atom is -0.371 e. The van der Waals surface area contributed by atoms with Crippen LogP contribution < -0.4 is 5.32 Å². The topological polar surface area (TPSA) is 21.3 Å². The van der Waals surface area contributed by atoms with Crippen molar-refractivity contribution in [1.29, 1.82) is 0 Å². The third-order valence-electron chi connectivity index (χ3n) is 0.893. The molecule has 11 heavy (non-hydrogen) atoms. The number of thiol groups is 1. The lowest BCUT2D eigenvalue weighted by Crippen LogP contribution is -2.19. The molecular weight excluding hydrogens is 198 g/mol. The molecule has 0 aromatic rings. The Morgan fingerprint density at radius 2 is 2.45 bits per heavy atom. The van der Waals surface area contributed by atoms with Crippen molar-refractivity contribution in [3.05, 3.63) is 0 Å². The maximum atomic E-state index is 5.12. The molecule has 0 spiro atoms. The van der Waals surface area contributed by atoms with Crippen molar-refractivity contribution in [3.8, 4) is 0 Å². The van der Waals surface area contributed by atoms with E-state index < -0.39 is 0 Å². The summed E-state index contributed by atoms with van der Waals surface area (Å²) in [5, 5.41) is 2.94. The summed E-state index contributed by atoms with van der Waals surface area (Å²) in [7, 11) is 0. The fourth-order valence-electron chi connectivity index (χ4n) is 0.431. The van der Waals surface area contributed by atoms with Crippen LogP contribution in [0, 0.1) is 0 Å². The fourth-order valence-corrected chi connectivity index (χ4v) is 1.29. The largest absolute Gasteiger partial charge is 0.371 e. The number of rotatable bonds is 6. The van der Waals surface area contributed by atoms with E-state index in [9.17, 15) is 0 Å². The average molecular weight is 211 g/mol. The van der Waals surface area contributed by atoms with Crippen LogP contribution in [0.3, 0.4) is 0 Å². The smallest absolute Gasteiger partial charge is 0.130 e. The van der Waals surface area contributed by atoms with Crippen LogP contribution in [-0.2, 0) is 4.74 Å². The molecule has 0 aromatic heterocycles. The van der Waals surface area contributed by atoms with Crippen LogP contribution in [0.4, 0.5) is 0 Å². The van der Waals surface area contributed by atoms with Crippen LogP contribution in [0.15, 0.2) is 0 Å². The quantitative estimate of drug-likeness (QED) is 0.301. The number of thioether (sulfide) groups is 1. The molecule has 0 aliphatic rings. The van der Waals surface area contributed by atoms with E-state index in [2.05, 4.69) is 17.9 Å². The molecule has 0 amide bonds. The number of nitrogens with one attached hydrogen (secondary N) is 1. The number of ether oxygens (including phenoxy) is 1. The minimum absolute atomic E-state index is 0.557. The first kappa shape index (κ1) is 11.6. The SMILES string of the molecule is CCOCSCCNC(=S)S. The van der Waals surface area contributed by atoms with E-state index in [4.69, 9.17) is 17.0 Å². The van der Waals surface area contributed by atoms with E-state index in [1.165, 1.54) is 0 Å². The van der Waals surface area contributed by atoms with Gasteiger partial charge in [-0.05, 0) is 6.92 Å². The molecule has 0 unspecified atom stereocenters. The molecule has 0 heterocycles. The summed E-state index contributed by atoms with van der Waals surface area (Å²) in [5.74, 6) is 1.76. The van der Waals surface area contributed by atoms with E-state index in [0.717, 1.165) is 24.8 Å². The highest BCUT2D eigenvalue weighted by Gasteiger charge is 1.88. The second-order valence-corrected chi connectivity index (χ2v) is 3.96. The Hall–Kier alpha value is 0.550. The van der Waals surface area contributed by atoms with Gasteiger partial charge in [-0.1, -0.05) is 12.2 Å². The Morgan fingerprint density at radius 1 is 1.73 bits per heavy atom. The first-order valence-corrected chi connectivity index (χ1v) is 5.40. The molecule has 0 atom stereocenters. The summed E-state index contributed by atoms with van der Waals surface area (Å²) in [6.07, 6.45) is 0. The highest BCUT2D eigenvalue weighted by Crippen LogP contribution is 1.98. The van der Waals surface area contributed by atoms with E-state index >= 15 is 0 Å². The number of thiocarbonyl (C=S) groups is 1. The lowest BCUT2D eigenvalue weighted by molar-refractivity contribution is 0.199. The molecule has 0 aliphatic heterocycles. The van der Waals surface area contributed by atoms with Crippen molar-refractivity contribution in [2.45, 2.75) is 6.92 Å². The standard InChI is InChI=1S/C6H13NOS3/c1-2-8-5-11-4-3-7-6(9)10/h2-5H2,1H3,(H2,7,9,10). The minimum atomic E-state index is 0.557. The van der Waals surface area contributed by atoms with Gasteiger partial charge in [0.15, 0.2) is 0 Å². The Labute approximate surface area is 82.9 Å². The van der Waals surface area contributed by atoms with E-state index in [1.54, 1.807) is 11.8 Å². The van der Waals surface area contributed by atoms with Crippen LogP contribution in [0.2, 0.25) is 0 Å². The van der Waals surface area contributed by atoms with Crippen molar-refractivity contribution in [1.82, 2.24) is 5.32 Å². The van der Waals surface area contributed by atoms with Gasteiger partial charge < -0.3 is 10.1 Å². The maximum Gasteiger partial charge on any atom is 0.130 e. The van der Waals surface area contributed by atoms with Crippen LogP contribution in [0.1, 0.15) is 6.92 Å². The zero-order valence-electron chi connectivity index (χ0n) is 6.50. The second-order valence-electron chi connectivity index (χ2n) is 1.75. The number of hydrogen-bond donors (Lipinski definition) is 2. The Morgan fingerprint density at radius 3 is 3.00 bits per heavy atom. The van der Waals surface area contributed by atoms with Gasteiger partial charge in [-0.3, -0.25) is 0 Å². The van der Waals surface area contributed by atoms with Gasteiger partial charge in [-0.2, -0.15) is 0 Å². The molecule has 0 saturated heterocycles. The predicted molar refractivity (Wildman–Crippen MR) is 58.5 cm³/mol. The summed E-state index contributed by atoms with van der Waals surface area (Å²) in [5.41, 5.74) is 0. The Balaban J connectivity index is 2.85. The van der Waals surface area contributed by atoms with E-state index in [-0.39, 0.29) is 0 Å². The van der Waals surface area contributed by atoms with Crippen molar-refractivity contribution < 1.29 is 4.74 Å². The van der Waals surface area contributed by atoms with Gasteiger partial charge in [0.1, 0.15) is 4.32 Å². The van der Waals surface area contributed by atoms with Crippen molar-refractivity contribution in [3.63, 3.8) is 0 Å². The van der Waals surface area contributed by atoms with Gasteiger partial charge in [-0.25, -0.2) is 0 Å². The van der Waals surface area contributed by atoms with Crippen molar-refractivity contribution >= 4 is 40.9 Å². The highest BCUT2D eigenvalue weighted by atomic mass is 32.2. The van der Waals surface area contributed by atoms with Gasteiger partial charge >= 0.3 is 0 Å². The maximum absolute atomic E-state index is 5.12. The molecule has 0 fully saturated rings. The molecule has 1 N–H and O–H groups in total. The molecule has 66 valence electrons. The number of hydrogen-bond acceptors (Lipinski definition) is 3. The summed E-state index contributed by atoms with van der Waals surface area (Å²) in [6.45, 7) is 3.63. The van der Waals surface area contributed by atoms with E-state index in [0.29, 0.717) is 4.32 Å². The zero-order chi connectivity index (χ0) is 8.53. The van der Waals surface area contributed by atoms with E-state index in [1.807, 2.05) is 6.92 Å². The summed E-state index contributed by atoms with van der Waals surface area (Å²) in [6, 6.07) is 0. The molecule has 0 saturated carbocycles. The lowest BCUT2D eigenvalue weighted by Gasteiger charge is -2.02. The summed E-state index contributed by atoms with van der Waals surface area (Å²) in [4.78, 5) is 0. The Kier molecular flexibility index (Phi) is 9.08. The predicted octanol–water partition coefficient (Wildman–Crippen LogP) is 1.52. The highest BCUT2D eigenvalue weighted by molar-refractivity contribution is 8.11. The van der Waals surface area contributed by atoms with Gasteiger partial charge in [-0.15, -0.1) is 24.4 Å². The third kappa shape index (κ3) is 10.6. The van der Waals surface area contributed by atoms with Crippen LogP contribution in [0.25, 0.3) is 0 Å². The normalized spacial score (nSPS) is 9.64. The van der Waals surface area contributed by atoms with Crippen molar-refractivity contribution in [2.75, 3.05) is 24.8 Å². The zero-order valence-corrected chi connectivity index (χ0v) is 9.03. The second kappa shape index (κ2) is 8.64. The molecule has 2 nitrogen and oxygen atoms in total. The van der Waals surface area contributed by atoms with Gasteiger partial charge in [0.05, 0.1) is 5.94 Å². The summed E-state index contributed by atoms with van der Waals surface area (Å²) >= 11 is 10.4. The Bertz CT molecular complexity index is 110. The van der Waals surface area contributed by atoms with Gasteiger partial charge in [0.25, 0.3) is 0 Å². The first-order valence-electron chi connectivity index (χ1n) is 3.39. The molecule has 0 aliphatic carbocycles. The van der Waals surface area contributed by atoms with Crippen LogP contribution in [0.5, 0.6) is 0 Å². The molecular formula is C6H13NOS3. The van der Waals surface area contributed by atoms with Crippen LogP contribution >= 0.6 is 36.6 Å². The average Bonchev–Trinajstić information content (AvgIpc) is 1.96. The van der Waals surface area contributed by atoms with Gasteiger partial charge in [0.2, 0.25) is 0 Å². The third-order valence-corrected chi connectivity index (χ3v) is 2.02. The van der Waals surface area contributed by atoms with Crippen LogP contribution in [-0.4, -0.2) is 29.2 Å². The van der Waals surface area contributed by atoms with Gasteiger partial charge in [0, 0.05) is 18.9 Å². The molecule has 0 bridgehead atoms. The summed E-state index contributed by atoms with van der Waals surface area (Å²) < 4.78 is 5.68. The molecule has 5 heteroatoms.